The first-order valence-electron chi connectivity index (χ1n) is 6.96. The minimum absolute atomic E-state index is 0. The third kappa shape index (κ3) is 4.51. The van der Waals surface area contributed by atoms with Crippen molar-refractivity contribution in [1.29, 1.82) is 0 Å². The summed E-state index contributed by atoms with van der Waals surface area (Å²) >= 11 is 0. The summed E-state index contributed by atoms with van der Waals surface area (Å²) in [6, 6.07) is 7.23. The van der Waals surface area contributed by atoms with E-state index in [1.165, 1.54) is 6.26 Å². The normalized spacial score (nSPS) is 9.95. The van der Waals surface area contributed by atoms with Gasteiger partial charge in [0.15, 0.2) is 0 Å². The van der Waals surface area contributed by atoms with Crippen LogP contribution in [0.3, 0.4) is 0 Å². The number of furan rings is 1. The summed E-state index contributed by atoms with van der Waals surface area (Å²) in [5.41, 5.74) is 7.61. The van der Waals surface area contributed by atoms with E-state index in [2.05, 4.69) is 12.2 Å². The molecule has 2 rings (SSSR count). The number of amides is 1. The van der Waals surface area contributed by atoms with Gasteiger partial charge in [-0.15, -0.1) is 12.4 Å². The van der Waals surface area contributed by atoms with Gasteiger partial charge in [-0.2, -0.15) is 0 Å². The highest BCUT2D eigenvalue weighted by atomic mass is 35.5. The molecule has 1 aromatic carbocycles. The van der Waals surface area contributed by atoms with Crippen molar-refractivity contribution in [3.8, 4) is 5.75 Å². The van der Waals surface area contributed by atoms with E-state index >= 15 is 0 Å². The second-order valence-corrected chi connectivity index (χ2v) is 4.79. The SMILES string of the molecule is CCCOc1ccc(NC(=O)c2coc(CN)c2)c(C)c1.Cl. The zero-order valence-electron chi connectivity index (χ0n) is 12.7. The van der Waals surface area contributed by atoms with Crippen LogP contribution in [0.2, 0.25) is 0 Å². The average molecular weight is 325 g/mol. The van der Waals surface area contributed by atoms with Crippen LogP contribution in [-0.4, -0.2) is 12.5 Å². The molecule has 3 N–H and O–H groups in total. The van der Waals surface area contributed by atoms with Crippen LogP contribution in [0.25, 0.3) is 0 Å². The van der Waals surface area contributed by atoms with E-state index in [4.69, 9.17) is 14.9 Å². The van der Waals surface area contributed by atoms with E-state index in [1.54, 1.807) is 6.07 Å². The Balaban J connectivity index is 0.00000242. The number of nitrogens with two attached hydrogens (primary N) is 1. The highest BCUT2D eigenvalue weighted by Gasteiger charge is 2.11. The first-order chi connectivity index (χ1) is 10.1. The fourth-order valence-electron chi connectivity index (χ4n) is 1.89. The molecule has 1 aromatic heterocycles. The van der Waals surface area contributed by atoms with Crippen LogP contribution < -0.4 is 15.8 Å². The standard InChI is InChI=1S/C16H20N2O3.ClH/c1-3-6-20-13-4-5-15(11(2)7-13)18-16(19)12-8-14(9-17)21-10-12;/h4-5,7-8,10H,3,6,9,17H2,1-2H3,(H,18,19);1H. The smallest absolute Gasteiger partial charge is 0.258 e. The lowest BCUT2D eigenvalue weighted by atomic mass is 10.2. The zero-order valence-corrected chi connectivity index (χ0v) is 13.5. The van der Waals surface area contributed by atoms with Gasteiger partial charge in [0, 0.05) is 5.69 Å². The Bertz CT molecular complexity index is 626. The molecule has 0 aliphatic rings. The Labute approximate surface area is 136 Å². The van der Waals surface area contributed by atoms with Crippen LogP contribution in [0.15, 0.2) is 34.9 Å². The molecule has 0 aliphatic heterocycles. The van der Waals surface area contributed by atoms with Crippen molar-refractivity contribution >= 4 is 24.0 Å². The van der Waals surface area contributed by atoms with E-state index < -0.39 is 0 Å². The molecule has 1 heterocycles. The molecule has 0 bridgehead atoms. The van der Waals surface area contributed by atoms with E-state index in [-0.39, 0.29) is 24.9 Å². The van der Waals surface area contributed by atoms with Gasteiger partial charge in [-0.25, -0.2) is 0 Å². The highest BCUT2D eigenvalue weighted by Crippen LogP contribution is 2.22. The van der Waals surface area contributed by atoms with E-state index in [1.807, 2.05) is 25.1 Å². The van der Waals surface area contributed by atoms with Gasteiger partial charge in [-0.05, 0) is 43.2 Å². The topological polar surface area (TPSA) is 77.5 Å². The largest absolute Gasteiger partial charge is 0.494 e. The highest BCUT2D eigenvalue weighted by molar-refractivity contribution is 6.04. The van der Waals surface area contributed by atoms with Gasteiger partial charge in [0.25, 0.3) is 5.91 Å². The number of nitrogens with one attached hydrogen (secondary N) is 1. The Morgan fingerprint density at radius 3 is 2.73 bits per heavy atom. The monoisotopic (exact) mass is 324 g/mol. The second kappa shape index (κ2) is 8.46. The summed E-state index contributed by atoms with van der Waals surface area (Å²) in [7, 11) is 0. The van der Waals surface area contributed by atoms with Crippen LogP contribution in [0.5, 0.6) is 5.75 Å². The summed E-state index contributed by atoms with van der Waals surface area (Å²) in [5.74, 6) is 1.17. The number of rotatable bonds is 6. The molecule has 6 heteroatoms. The molecule has 0 radical (unpaired) electrons. The van der Waals surface area contributed by atoms with Crippen LogP contribution in [-0.2, 0) is 6.54 Å². The van der Waals surface area contributed by atoms with E-state index in [0.717, 1.165) is 23.4 Å². The average Bonchev–Trinajstić information content (AvgIpc) is 2.96. The lowest BCUT2D eigenvalue weighted by Crippen LogP contribution is -2.12. The van der Waals surface area contributed by atoms with Gasteiger partial charge in [0.05, 0.1) is 18.7 Å². The predicted molar refractivity (Wildman–Crippen MR) is 88.8 cm³/mol. The number of benzene rings is 1. The van der Waals surface area contributed by atoms with Gasteiger partial charge < -0.3 is 20.2 Å². The third-order valence-electron chi connectivity index (χ3n) is 3.04. The quantitative estimate of drug-likeness (QED) is 0.852. The third-order valence-corrected chi connectivity index (χ3v) is 3.04. The number of hydrogen-bond donors (Lipinski definition) is 2. The summed E-state index contributed by atoms with van der Waals surface area (Å²) in [4.78, 5) is 12.1. The molecular weight excluding hydrogens is 304 g/mol. The van der Waals surface area contributed by atoms with Crippen LogP contribution >= 0.6 is 12.4 Å². The fourth-order valence-corrected chi connectivity index (χ4v) is 1.89. The molecule has 22 heavy (non-hydrogen) atoms. The molecule has 0 aliphatic carbocycles. The maximum Gasteiger partial charge on any atom is 0.258 e. The Kier molecular flexibility index (Phi) is 6.95. The zero-order chi connectivity index (χ0) is 15.2. The number of carbonyl (C=O) groups excluding carboxylic acids is 1. The molecule has 0 saturated carbocycles. The van der Waals surface area contributed by atoms with Crippen molar-refractivity contribution in [1.82, 2.24) is 0 Å². The molecule has 120 valence electrons. The molecule has 0 unspecified atom stereocenters. The minimum atomic E-state index is -0.219. The first kappa shape index (κ1) is 18.1. The van der Waals surface area contributed by atoms with Crippen LogP contribution in [0, 0.1) is 6.92 Å². The Morgan fingerprint density at radius 1 is 1.36 bits per heavy atom. The van der Waals surface area contributed by atoms with Crippen molar-refractivity contribution in [2.45, 2.75) is 26.8 Å². The maximum atomic E-state index is 12.1. The molecular formula is C16H21ClN2O3. The molecule has 0 fully saturated rings. The van der Waals surface area contributed by atoms with Gasteiger partial charge in [0.2, 0.25) is 0 Å². The minimum Gasteiger partial charge on any atom is -0.494 e. The number of hydrogen-bond acceptors (Lipinski definition) is 4. The summed E-state index contributed by atoms with van der Waals surface area (Å²) in [6.45, 7) is 4.94. The molecule has 1 amide bonds. The molecule has 0 spiro atoms. The Hall–Kier alpha value is -1.98. The van der Waals surface area contributed by atoms with Crippen molar-refractivity contribution < 1.29 is 13.9 Å². The van der Waals surface area contributed by atoms with Gasteiger partial charge in [0.1, 0.15) is 17.8 Å². The number of anilines is 1. The van der Waals surface area contributed by atoms with Gasteiger partial charge in [-0.1, -0.05) is 6.92 Å². The lowest BCUT2D eigenvalue weighted by molar-refractivity contribution is 0.102. The summed E-state index contributed by atoms with van der Waals surface area (Å²) in [6.07, 6.45) is 2.37. The number of ether oxygens (including phenoxy) is 1. The first-order valence-corrected chi connectivity index (χ1v) is 6.96. The fraction of sp³-hybridized carbons (Fsp3) is 0.312. The number of carbonyl (C=O) groups is 1. The van der Waals surface area contributed by atoms with E-state index in [9.17, 15) is 4.79 Å². The Morgan fingerprint density at radius 2 is 2.14 bits per heavy atom. The molecule has 5 nitrogen and oxygen atoms in total. The summed E-state index contributed by atoms with van der Waals surface area (Å²) in [5, 5.41) is 2.85. The van der Waals surface area contributed by atoms with E-state index in [0.29, 0.717) is 17.9 Å². The van der Waals surface area contributed by atoms with Crippen molar-refractivity contribution in [3.63, 3.8) is 0 Å². The predicted octanol–water partition coefficient (Wildman–Crippen LogP) is 3.51. The van der Waals surface area contributed by atoms with Crippen molar-refractivity contribution in [3.05, 3.63) is 47.4 Å². The van der Waals surface area contributed by atoms with Crippen molar-refractivity contribution in [2.24, 2.45) is 5.73 Å². The van der Waals surface area contributed by atoms with Gasteiger partial charge in [-0.3, -0.25) is 4.79 Å². The number of aryl methyl sites for hydroxylation is 1. The molecule has 0 saturated heterocycles. The van der Waals surface area contributed by atoms with Gasteiger partial charge >= 0.3 is 0 Å². The van der Waals surface area contributed by atoms with Crippen LogP contribution in [0.4, 0.5) is 5.69 Å². The van der Waals surface area contributed by atoms with Crippen LogP contribution in [0.1, 0.15) is 35.0 Å². The second-order valence-electron chi connectivity index (χ2n) is 4.79. The summed E-state index contributed by atoms with van der Waals surface area (Å²) < 4.78 is 10.7. The maximum absolute atomic E-state index is 12.1. The molecule has 0 atom stereocenters. The molecule has 2 aromatic rings. The lowest BCUT2D eigenvalue weighted by Gasteiger charge is -2.10. The van der Waals surface area contributed by atoms with Crippen molar-refractivity contribution in [2.75, 3.05) is 11.9 Å². The number of halogens is 1.